The van der Waals surface area contributed by atoms with Crippen molar-refractivity contribution < 1.29 is 13.2 Å². The summed E-state index contributed by atoms with van der Waals surface area (Å²) in [7, 11) is 0. The Balaban J connectivity index is 2.27. The van der Waals surface area contributed by atoms with Crippen LogP contribution in [0.2, 0.25) is 0 Å². The topological polar surface area (TPSA) is 6.48 Å². The average molecular weight is 307 g/mol. The van der Waals surface area contributed by atoms with Gasteiger partial charge in [-0.2, -0.15) is 13.2 Å². The van der Waals surface area contributed by atoms with E-state index in [-0.39, 0.29) is 11.6 Å². The lowest BCUT2D eigenvalue weighted by Gasteiger charge is -2.36. The molecule has 2 rings (SSSR count). The number of nitrogens with zero attached hydrogens (tertiary/aromatic N) is 2. The molecule has 1 aromatic carbocycles. The van der Waals surface area contributed by atoms with E-state index in [1.807, 2.05) is 4.90 Å². The van der Waals surface area contributed by atoms with E-state index in [2.05, 4.69) is 11.8 Å². The lowest BCUT2D eigenvalue weighted by molar-refractivity contribution is -0.137. The SMILES string of the molecule is CCN1CCN(c2ccc(CCl)cc2C(F)(F)F)CC1. The van der Waals surface area contributed by atoms with Crippen molar-refractivity contribution in [3.05, 3.63) is 29.3 Å². The van der Waals surface area contributed by atoms with Crippen LogP contribution in [0.15, 0.2) is 18.2 Å². The van der Waals surface area contributed by atoms with Gasteiger partial charge in [0.2, 0.25) is 0 Å². The highest BCUT2D eigenvalue weighted by Gasteiger charge is 2.35. The quantitative estimate of drug-likeness (QED) is 0.788. The van der Waals surface area contributed by atoms with E-state index < -0.39 is 11.7 Å². The molecular weight excluding hydrogens is 289 g/mol. The minimum atomic E-state index is -4.35. The summed E-state index contributed by atoms with van der Waals surface area (Å²) in [6, 6.07) is 4.38. The molecule has 1 aliphatic rings. The van der Waals surface area contributed by atoms with Gasteiger partial charge >= 0.3 is 6.18 Å². The van der Waals surface area contributed by atoms with Gasteiger partial charge in [-0.25, -0.2) is 0 Å². The van der Waals surface area contributed by atoms with Gasteiger partial charge in [-0.3, -0.25) is 0 Å². The van der Waals surface area contributed by atoms with E-state index in [1.165, 1.54) is 0 Å². The predicted octanol–water partition coefficient (Wildman–Crippen LogP) is 3.59. The molecule has 2 nitrogen and oxygen atoms in total. The van der Waals surface area contributed by atoms with Crippen LogP contribution in [0, 0.1) is 0 Å². The Morgan fingerprint density at radius 3 is 2.30 bits per heavy atom. The Bertz CT molecular complexity index is 454. The average Bonchev–Trinajstić information content (AvgIpc) is 2.46. The Morgan fingerprint density at radius 1 is 1.15 bits per heavy atom. The molecule has 1 fully saturated rings. The summed E-state index contributed by atoms with van der Waals surface area (Å²) in [6.45, 7) is 5.83. The fraction of sp³-hybridized carbons (Fsp3) is 0.571. The molecule has 1 aromatic rings. The van der Waals surface area contributed by atoms with Crippen LogP contribution in [0.4, 0.5) is 18.9 Å². The standard InChI is InChI=1S/C14H18ClF3N2/c1-2-19-5-7-20(8-6-19)13-4-3-11(10-15)9-12(13)14(16,17)18/h3-4,9H,2,5-8,10H2,1H3. The first-order valence-corrected chi connectivity index (χ1v) is 7.22. The molecule has 0 atom stereocenters. The van der Waals surface area contributed by atoms with Gasteiger partial charge in [0.1, 0.15) is 0 Å². The van der Waals surface area contributed by atoms with Crippen molar-refractivity contribution in [3.63, 3.8) is 0 Å². The summed E-state index contributed by atoms with van der Waals surface area (Å²) in [5.74, 6) is 0.0903. The largest absolute Gasteiger partial charge is 0.418 e. The maximum Gasteiger partial charge on any atom is 0.418 e. The van der Waals surface area contributed by atoms with E-state index in [1.54, 1.807) is 12.1 Å². The summed E-state index contributed by atoms with van der Waals surface area (Å²) >= 11 is 5.64. The van der Waals surface area contributed by atoms with Crippen LogP contribution in [0.5, 0.6) is 0 Å². The molecule has 0 radical (unpaired) electrons. The molecule has 0 N–H and O–H groups in total. The smallest absolute Gasteiger partial charge is 0.368 e. The van der Waals surface area contributed by atoms with Gasteiger partial charge < -0.3 is 9.80 Å². The van der Waals surface area contributed by atoms with Gasteiger partial charge in [0, 0.05) is 37.7 Å². The number of rotatable bonds is 3. The zero-order chi connectivity index (χ0) is 14.8. The van der Waals surface area contributed by atoms with Gasteiger partial charge in [0.25, 0.3) is 0 Å². The fourth-order valence-electron chi connectivity index (χ4n) is 2.47. The number of benzene rings is 1. The van der Waals surface area contributed by atoms with Crippen LogP contribution in [0.3, 0.4) is 0 Å². The van der Waals surface area contributed by atoms with E-state index in [0.29, 0.717) is 18.7 Å². The molecule has 20 heavy (non-hydrogen) atoms. The van der Waals surface area contributed by atoms with Gasteiger partial charge in [0.15, 0.2) is 0 Å². The zero-order valence-corrected chi connectivity index (χ0v) is 12.1. The molecule has 0 amide bonds. The number of likely N-dealkylation sites (N-methyl/N-ethyl adjacent to an activating group) is 1. The molecule has 1 aliphatic heterocycles. The summed E-state index contributed by atoms with van der Waals surface area (Å²) in [4.78, 5) is 4.05. The number of alkyl halides is 4. The molecule has 0 aromatic heterocycles. The number of anilines is 1. The molecular formula is C14H18ClF3N2. The first-order chi connectivity index (χ1) is 9.45. The van der Waals surface area contributed by atoms with Crippen LogP contribution in [-0.4, -0.2) is 37.6 Å². The summed E-state index contributed by atoms with van der Waals surface area (Å²) in [5.41, 5.74) is 0.178. The second-order valence-electron chi connectivity index (χ2n) is 4.90. The van der Waals surface area contributed by atoms with Gasteiger partial charge in [-0.15, -0.1) is 11.6 Å². The Morgan fingerprint density at radius 2 is 1.80 bits per heavy atom. The van der Waals surface area contributed by atoms with Crippen molar-refractivity contribution >= 4 is 17.3 Å². The summed E-state index contributed by atoms with van der Waals surface area (Å²) in [5, 5.41) is 0. The third-order valence-corrected chi connectivity index (χ3v) is 3.99. The van der Waals surface area contributed by atoms with Crippen molar-refractivity contribution in [3.8, 4) is 0 Å². The van der Waals surface area contributed by atoms with Crippen LogP contribution < -0.4 is 4.90 Å². The maximum atomic E-state index is 13.2. The highest BCUT2D eigenvalue weighted by atomic mass is 35.5. The third-order valence-electron chi connectivity index (χ3n) is 3.68. The molecule has 112 valence electrons. The first kappa shape index (κ1) is 15.4. The zero-order valence-electron chi connectivity index (χ0n) is 11.4. The molecule has 1 heterocycles. The lowest BCUT2D eigenvalue weighted by atomic mass is 10.1. The molecule has 0 bridgehead atoms. The van der Waals surface area contributed by atoms with Crippen molar-refractivity contribution in [1.29, 1.82) is 0 Å². The number of piperazine rings is 1. The van der Waals surface area contributed by atoms with Crippen molar-refractivity contribution in [1.82, 2.24) is 4.90 Å². The van der Waals surface area contributed by atoms with Crippen molar-refractivity contribution in [2.75, 3.05) is 37.6 Å². The lowest BCUT2D eigenvalue weighted by Crippen LogP contribution is -2.46. The number of halogens is 4. The molecule has 1 saturated heterocycles. The summed E-state index contributed by atoms with van der Waals surface area (Å²) < 4.78 is 39.5. The number of hydrogen-bond acceptors (Lipinski definition) is 2. The second kappa shape index (κ2) is 6.22. The van der Waals surface area contributed by atoms with Gasteiger partial charge in [-0.1, -0.05) is 13.0 Å². The van der Waals surface area contributed by atoms with Gasteiger partial charge in [0.05, 0.1) is 5.56 Å². The second-order valence-corrected chi connectivity index (χ2v) is 5.17. The third kappa shape index (κ3) is 3.38. The van der Waals surface area contributed by atoms with Crippen LogP contribution in [0.25, 0.3) is 0 Å². The Kier molecular flexibility index (Phi) is 4.81. The molecule has 0 aliphatic carbocycles. The predicted molar refractivity (Wildman–Crippen MR) is 75.3 cm³/mol. The molecule has 0 spiro atoms. The van der Waals surface area contributed by atoms with Crippen LogP contribution in [0.1, 0.15) is 18.1 Å². The first-order valence-electron chi connectivity index (χ1n) is 6.69. The minimum Gasteiger partial charge on any atom is -0.368 e. The minimum absolute atomic E-state index is 0.0903. The monoisotopic (exact) mass is 306 g/mol. The highest BCUT2D eigenvalue weighted by molar-refractivity contribution is 6.17. The Labute approximate surface area is 122 Å². The van der Waals surface area contributed by atoms with Crippen molar-refractivity contribution in [2.45, 2.75) is 19.0 Å². The highest BCUT2D eigenvalue weighted by Crippen LogP contribution is 2.37. The maximum absolute atomic E-state index is 13.2. The van der Waals surface area contributed by atoms with E-state index >= 15 is 0 Å². The van der Waals surface area contributed by atoms with Crippen molar-refractivity contribution in [2.24, 2.45) is 0 Å². The summed E-state index contributed by atoms with van der Waals surface area (Å²) in [6.07, 6.45) is -4.35. The van der Waals surface area contributed by atoms with Crippen LogP contribution >= 0.6 is 11.6 Å². The molecule has 0 unspecified atom stereocenters. The molecule has 0 saturated carbocycles. The normalized spacial score (nSPS) is 17.6. The molecule has 6 heteroatoms. The van der Waals surface area contributed by atoms with Crippen LogP contribution in [-0.2, 0) is 12.1 Å². The Hall–Kier alpha value is -0.940. The van der Waals surface area contributed by atoms with E-state index in [0.717, 1.165) is 25.7 Å². The van der Waals surface area contributed by atoms with E-state index in [4.69, 9.17) is 11.6 Å². The fourth-order valence-corrected chi connectivity index (χ4v) is 2.64. The van der Waals surface area contributed by atoms with Gasteiger partial charge in [-0.05, 0) is 24.2 Å². The van der Waals surface area contributed by atoms with E-state index in [9.17, 15) is 13.2 Å². The number of hydrogen-bond donors (Lipinski definition) is 0.